The van der Waals surface area contributed by atoms with Crippen molar-refractivity contribution in [1.82, 2.24) is 15.0 Å². The Labute approximate surface area is 143 Å². The fourth-order valence-corrected chi connectivity index (χ4v) is 2.56. The second-order valence-electron chi connectivity index (χ2n) is 5.08. The van der Waals surface area contributed by atoms with Crippen LogP contribution in [0.3, 0.4) is 0 Å². The number of urea groups is 1. The zero-order valence-electron chi connectivity index (χ0n) is 12.3. The number of carbonyl (C=O) groups excluding carboxylic acids is 1. The Bertz CT molecular complexity index is 862. The largest absolute Gasteiger partial charge is 0.334 e. The fourth-order valence-electron chi connectivity index (χ4n) is 2.25. The second-order valence-corrected chi connectivity index (χ2v) is 5.90. The molecule has 0 saturated heterocycles. The van der Waals surface area contributed by atoms with E-state index in [0.29, 0.717) is 10.0 Å². The number of imidazole rings is 1. The summed E-state index contributed by atoms with van der Waals surface area (Å²) in [5.74, 6) is 0. The minimum Gasteiger partial charge on any atom is -0.330 e. The zero-order chi connectivity index (χ0) is 16.4. The lowest BCUT2D eigenvalue weighted by Crippen LogP contribution is -2.35. The van der Waals surface area contributed by atoms with E-state index in [-0.39, 0.29) is 12.1 Å². The number of hydrogen-bond acceptors (Lipinski definition) is 2. The highest BCUT2D eigenvalue weighted by molar-refractivity contribution is 6.42. The van der Waals surface area contributed by atoms with Gasteiger partial charge in [0.25, 0.3) is 0 Å². The Morgan fingerprint density at radius 1 is 1.17 bits per heavy atom. The van der Waals surface area contributed by atoms with Gasteiger partial charge in [-0.15, -0.1) is 0 Å². The van der Waals surface area contributed by atoms with Crippen LogP contribution in [0.1, 0.15) is 18.5 Å². The highest BCUT2D eigenvalue weighted by atomic mass is 35.5. The first-order valence-electron chi connectivity index (χ1n) is 6.99. The SMILES string of the molecule is CC(NC(=O)Nn1cnc2ccccc21)c1ccc(Cl)c(Cl)c1. The van der Waals surface area contributed by atoms with Crippen LogP contribution in [0.25, 0.3) is 11.0 Å². The van der Waals surface area contributed by atoms with Gasteiger partial charge in [-0.25, -0.2) is 19.9 Å². The zero-order valence-corrected chi connectivity index (χ0v) is 13.8. The van der Waals surface area contributed by atoms with Crippen molar-refractivity contribution in [1.29, 1.82) is 0 Å². The number of nitrogens with zero attached hydrogens (tertiary/aromatic N) is 2. The average molecular weight is 349 g/mol. The molecule has 0 aliphatic rings. The highest BCUT2D eigenvalue weighted by Gasteiger charge is 2.12. The number of carbonyl (C=O) groups is 1. The lowest BCUT2D eigenvalue weighted by atomic mass is 10.1. The van der Waals surface area contributed by atoms with Crippen LogP contribution in [0, 0.1) is 0 Å². The van der Waals surface area contributed by atoms with Gasteiger partial charge < -0.3 is 5.32 Å². The summed E-state index contributed by atoms with van der Waals surface area (Å²) in [6, 6.07) is 12.2. The minimum absolute atomic E-state index is 0.223. The topological polar surface area (TPSA) is 59.0 Å². The maximum absolute atomic E-state index is 12.2. The standard InChI is InChI=1S/C16H14Cl2N4O/c1-10(11-6-7-12(17)13(18)8-11)20-16(23)21-22-9-19-14-4-2-3-5-15(14)22/h2-10H,1H3,(H2,20,21,23). The number of amides is 2. The first-order valence-corrected chi connectivity index (χ1v) is 7.75. The van der Waals surface area contributed by atoms with Crippen molar-refractivity contribution in [3.8, 4) is 0 Å². The van der Waals surface area contributed by atoms with E-state index in [1.54, 1.807) is 23.1 Å². The van der Waals surface area contributed by atoms with E-state index in [9.17, 15) is 4.79 Å². The molecule has 3 aromatic rings. The van der Waals surface area contributed by atoms with Crippen LogP contribution in [0.5, 0.6) is 0 Å². The van der Waals surface area contributed by atoms with Crippen molar-refractivity contribution < 1.29 is 4.79 Å². The van der Waals surface area contributed by atoms with Crippen molar-refractivity contribution in [3.63, 3.8) is 0 Å². The first-order chi connectivity index (χ1) is 11.0. The van der Waals surface area contributed by atoms with Crippen LogP contribution >= 0.6 is 23.2 Å². The molecule has 0 bridgehead atoms. The van der Waals surface area contributed by atoms with E-state index < -0.39 is 0 Å². The monoisotopic (exact) mass is 348 g/mol. The number of nitrogens with one attached hydrogen (secondary N) is 2. The number of halogens is 2. The molecule has 0 aliphatic heterocycles. The normalized spacial score (nSPS) is 12.1. The van der Waals surface area contributed by atoms with Gasteiger partial charge in [-0.3, -0.25) is 0 Å². The Kier molecular flexibility index (Phi) is 4.41. The van der Waals surface area contributed by atoms with Gasteiger partial charge >= 0.3 is 6.03 Å². The summed E-state index contributed by atoms with van der Waals surface area (Å²) in [5, 5.41) is 3.79. The third-order valence-electron chi connectivity index (χ3n) is 3.47. The Morgan fingerprint density at radius 2 is 1.96 bits per heavy atom. The maximum atomic E-state index is 12.2. The number of aromatic nitrogens is 2. The summed E-state index contributed by atoms with van der Waals surface area (Å²) in [7, 11) is 0. The van der Waals surface area contributed by atoms with Crippen LogP contribution in [0.4, 0.5) is 4.79 Å². The predicted octanol–water partition coefficient (Wildman–Crippen LogP) is 4.36. The Hall–Kier alpha value is -2.24. The lowest BCUT2D eigenvalue weighted by Gasteiger charge is -2.16. The summed E-state index contributed by atoms with van der Waals surface area (Å²) in [5.41, 5.74) is 5.24. The van der Waals surface area contributed by atoms with Gasteiger partial charge in [0.1, 0.15) is 6.33 Å². The molecule has 3 rings (SSSR count). The molecular weight excluding hydrogens is 335 g/mol. The minimum atomic E-state index is -0.341. The predicted molar refractivity (Wildman–Crippen MR) is 92.5 cm³/mol. The van der Waals surface area contributed by atoms with Crippen molar-refractivity contribution in [2.45, 2.75) is 13.0 Å². The number of benzene rings is 2. The molecule has 5 nitrogen and oxygen atoms in total. The average Bonchev–Trinajstić information content (AvgIpc) is 2.93. The molecule has 0 fully saturated rings. The van der Waals surface area contributed by atoms with Crippen LogP contribution in [0.15, 0.2) is 48.8 Å². The first kappa shape index (κ1) is 15.6. The molecule has 1 aromatic heterocycles. The van der Waals surface area contributed by atoms with Gasteiger partial charge in [-0.1, -0.05) is 41.4 Å². The van der Waals surface area contributed by atoms with Crippen molar-refractivity contribution in [2.24, 2.45) is 0 Å². The third-order valence-corrected chi connectivity index (χ3v) is 4.21. The molecule has 2 amide bonds. The second kappa shape index (κ2) is 6.48. The van der Waals surface area contributed by atoms with Crippen molar-refractivity contribution in [2.75, 3.05) is 5.43 Å². The highest BCUT2D eigenvalue weighted by Crippen LogP contribution is 2.25. The fraction of sp³-hybridized carbons (Fsp3) is 0.125. The maximum Gasteiger partial charge on any atom is 0.334 e. The quantitative estimate of drug-likeness (QED) is 0.738. The molecule has 0 saturated carbocycles. The number of hydrogen-bond donors (Lipinski definition) is 2. The van der Waals surface area contributed by atoms with Crippen LogP contribution in [-0.2, 0) is 0 Å². The molecule has 2 N–H and O–H groups in total. The third kappa shape index (κ3) is 3.41. The van der Waals surface area contributed by atoms with E-state index >= 15 is 0 Å². The summed E-state index contributed by atoms with van der Waals surface area (Å²) in [6.45, 7) is 1.87. The molecule has 23 heavy (non-hydrogen) atoms. The molecule has 2 aromatic carbocycles. The molecule has 1 heterocycles. The molecule has 1 atom stereocenters. The molecule has 118 valence electrons. The van der Waals surface area contributed by atoms with Gasteiger partial charge in [0, 0.05) is 0 Å². The van der Waals surface area contributed by atoms with Gasteiger partial charge in [0.05, 0.1) is 27.1 Å². The van der Waals surface area contributed by atoms with Gasteiger partial charge in [-0.2, -0.15) is 0 Å². The summed E-state index contributed by atoms with van der Waals surface area (Å²) >= 11 is 11.9. The number of fused-ring (bicyclic) bond motifs is 1. The van der Waals surface area contributed by atoms with E-state index in [0.717, 1.165) is 16.6 Å². The number of para-hydroxylation sites is 2. The van der Waals surface area contributed by atoms with Crippen LogP contribution < -0.4 is 10.7 Å². The van der Waals surface area contributed by atoms with E-state index in [1.165, 1.54) is 0 Å². The van der Waals surface area contributed by atoms with E-state index in [1.807, 2.05) is 37.3 Å². The lowest BCUT2D eigenvalue weighted by molar-refractivity contribution is 0.247. The Morgan fingerprint density at radius 3 is 2.74 bits per heavy atom. The number of rotatable bonds is 3. The van der Waals surface area contributed by atoms with Crippen LogP contribution in [-0.4, -0.2) is 15.7 Å². The smallest absolute Gasteiger partial charge is 0.330 e. The van der Waals surface area contributed by atoms with E-state index in [4.69, 9.17) is 23.2 Å². The van der Waals surface area contributed by atoms with Gasteiger partial charge in [0.15, 0.2) is 0 Å². The molecule has 0 aliphatic carbocycles. The summed E-state index contributed by atoms with van der Waals surface area (Å²) in [6.07, 6.45) is 1.56. The molecule has 7 heteroatoms. The van der Waals surface area contributed by atoms with Crippen molar-refractivity contribution >= 4 is 40.3 Å². The summed E-state index contributed by atoms with van der Waals surface area (Å²) < 4.78 is 1.58. The van der Waals surface area contributed by atoms with Crippen molar-refractivity contribution in [3.05, 3.63) is 64.4 Å². The molecular formula is C16H14Cl2N4O. The van der Waals surface area contributed by atoms with Gasteiger partial charge in [0.2, 0.25) is 0 Å². The van der Waals surface area contributed by atoms with E-state index in [2.05, 4.69) is 15.7 Å². The molecule has 1 unspecified atom stereocenters. The Balaban J connectivity index is 1.70. The molecule has 0 spiro atoms. The summed E-state index contributed by atoms with van der Waals surface area (Å²) in [4.78, 5) is 16.4. The van der Waals surface area contributed by atoms with Gasteiger partial charge in [-0.05, 0) is 36.8 Å². The van der Waals surface area contributed by atoms with Crippen LogP contribution in [0.2, 0.25) is 10.0 Å². The molecule has 0 radical (unpaired) electrons.